The number of nitrogens with zero attached hydrogens (tertiary/aromatic N) is 2. The van der Waals surface area contributed by atoms with E-state index in [0.717, 1.165) is 23.4 Å². The van der Waals surface area contributed by atoms with Gasteiger partial charge in [0.2, 0.25) is 0 Å². The van der Waals surface area contributed by atoms with Gasteiger partial charge in [-0.2, -0.15) is 0 Å². The zero-order chi connectivity index (χ0) is 13.0. The third-order valence-corrected chi connectivity index (χ3v) is 3.04. The molecule has 0 amide bonds. The summed E-state index contributed by atoms with van der Waals surface area (Å²) in [6.07, 6.45) is 0. The number of benzene rings is 1. The molecule has 0 fully saturated rings. The van der Waals surface area contributed by atoms with Crippen molar-refractivity contribution >= 4 is 11.0 Å². The van der Waals surface area contributed by atoms with Gasteiger partial charge in [-0.05, 0) is 19.1 Å². The third kappa shape index (κ3) is 2.53. The van der Waals surface area contributed by atoms with Crippen molar-refractivity contribution in [3.05, 3.63) is 30.1 Å². The number of aliphatic hydroxyl groups is 2. The molecule has 18 heavy (non-hydrogen) atoms. The Labute approximate surface area is 106 Å². The Morgan fingerprint density at radius 3 is 2.67 bits per heavy atom. The van der Waals surface area contributed by atoms with Crippen LogP contribution in [0.5, 0.6) is 0 Å². The molecule has 0 bridgehead atoms. The number of aliphatic hydroxyl groups excluding tert-OH is 2. The Balaban J connectivity index is 2.22. The first-order chi connectivity index (χ1) is 8.80. The van der Waals surface area contributed by atoms with Crippen molar-refractivity contribution in [2.45, 2.75) is 26.1 Å². The normalized spacial score (nSPS) is 11.6. The molecule has 0 atom stereocenters. The summed E-state index contributed by atoms with van der Waals surface area (Å²) in [5.41, 5.74) is 2.09. The van der Waals surface area contributed by atoms with Crippen LogP contribution in [-0.4, -0.2) is 39.0 Å². The molecule has 3 N–H and O–H groups in total. The van der Waals surface area contributed by atoms with Gasteiger partial charge in [0.15, 0.2) is 0 Å². The smallest absolute Gasteiger partial charge is 0.123 e. The number of rotatable bonds is 6. The summed E-state index contributed by atoms with van der Waals surface area (Å²) >= 11 is 0. The van der Waals surface area contributed by atoms with Crippen molar-refractivity contribution in [2.75, 3.05) is 13.2 Å². The first-order valence-corrected chi connectivity index (χ1v) is 6.19. The predicted molar refractivity (Wildman–Crippen MR) is 70.2 cm³/mol. The molecule has 1 aromatic carbocycles. The summed E-state index contributed by atoms with van der Waals surface area (Å²) in [6, 6.07) is 7.70. The highest BCUT2D eigenvalue weighted by Gasteiger charge is 2.11. The molecule has 5 nitrogen and oxygen atoms in total. The molecular formula is C13H19N3O2. The van der Waals surface area contributed by atoms with Crippen LogP contribution in [0.25, 0.3) is 11.0 Å². The molecule has 2 rings (SSSR count). The highest BCUT2D eigenvalue weighted by Crippen LogP contribution is 2.15. The maximum absolute atomic E-state index is 9.02. The third-order valence-electron chi connectivity index (χ3n) is 3.04. The second-order valence-electron chi connectivity index (χ2n) is 4.20. The molecule has 0 unspecified atom stereocenters. The van der Waals surface area contributed by atoms with Gasteiger partial charge in [-0.15, -0.1) is 0 Å². The molecule has 0 saturated carbocycles. The maximum atomic E-state index is 9.02. The molecule has 0 aliphatic carbocycles. The zero-order valence-corrected chi connectivity index (χ0v) is 10.5. The van der Waals surface area contributed by atoms with Crippen molar-refractivity contribution < 1.29 is 10.2 Å². The molecule has 2 aromatic rings. The van der Waals surface area contributed by atoms with E-state index in [1.54, 1.807) is 0 Å². The van der Waals surface area contributed by atoms with Crippen LogP contribution in [0, 0.1) is 0 Å². The fraction of sp³-hybridized carbons (Fsp3) is 0.462. The summed E-state index contributed by atoms with van der Waals surface area (Å²) in [6.45, 7) is 3.30. The molecule has 0 saturated heterocycles. The minimum Gasteiger partial charge on any atom is -0.395 e. The lowest BCUT2D eigenvalue weighted by Crippen LogP contribution is -2.35. The van der Waals surface area contributed by atoms with Gasteiger partial charge in [0.1, 0.15) is 5.82 Å². The minimum absolute atomic E-state index is 0.0805. The van der Waals surface area contributed by atoms with Gasteiger partial charge < -0.3 is 20.1 Å². The fourth-order valence-corrected chi connectivity index (χ4v) is 2.04. The number of aryl methyl sites for hydroxylation is 1. The van der Waals surface area contributed by atoms with Gasteiger partial charge in [-0.3, -0.25) is 0 Å². The van der Waals surface area contributed by atoms with Crippen molar-refractivity contribution in [1.82, 2.24) is 14.9 Å². The quantitative estimate of drug-likeness (QED) is 0.697. The Morgan fingerprint density at radius 1 is 1.28 bits per heavy atom. The van der Waals surface area contributed by atoms with E-state index in [1.165, 1.54) is 0 Å². The first-order valence-electron chi connectivity index (χ1n) is 6.19. The van der Waals surface area contributed by atoms with Gasteiger partial charge in [-0.25, -0.2) is 4.98 Å². The van der Waals surface area contributed by atoms with Gasteiger partial charge in [0.25, 0.3) is 0 Å². The van der Waals surface area contributed by atoms with E-state index >= 15 is 0 Å². The van der Waals surface area contributed by atoms with Crippen molar-refractivity contribution in [3.8, 4) is 0 Å². The molecule has 5 heteroatoms. The molecular weight excluding hydrogens is 230 g/mol. The Morgan fingerprint density at radius 2 is 2.00 bits per heavy atom. The maximum Gasteiger partial charge on any atom is 0.123 e. The van der Waals surface area contributed by atoms with Crippen molar-refractivity contribution in [2.24, 2.45) is 0 Å². The number of imidazole rings is 1. The highest BCUT2D eigenvalue weighted by molar-refractivity contribution is 5.75. The second kappa shape index (κ2) is 5.95. The van der Waals surface area contributed by atoms with Crippen molar-refractivity contribution in [3.63, 3.8) is 0 Å². The lowest BCUT2D eigenvalue weighted by atomic mass is 10.3. The largest absolute Gasteiger partial charge is 0.395 e. The number of para-hydroxylation sites is 2. The van der Waals surface area contributed by atoms with Crippen LogP contribution >= 0.6 is 0 Å². The lowest BCUT2D eigenvalue weighted by molar-refractivity contribution is 0.169. The summed E-state index contributed by atoms with van der Waals surface area (Å²) in [5, 5.41) is 21.1. The number of hydrogen-bond acceptors (Lipinski definition) is 4. The number of nitrogens with one attached hydrogen (secondary N) is 1. The number of hydrogen-bond donors (Lipinski definition) is 3. The van der Waals surface area contributed by atoms with Crippen LogP contribution < -0.4 is 5.32 Å². The number of aromatic nitrogens is 2. The van der Waals surface area contributed by atoms with Crippen LogP contribution in [0.3, 0.4) is 0 Å². The SMILES string of the molecule is CCn1c(CNC(CO)CO)nc2ccccc21. The van der Waals surface area contributed by atoms with Crippen LogP contribution in [-0.2, 0) is 13.1 Å². The molecule has 1 aromatic heterocycles. The summed E-state index contributed by atoms with van der Waals surface area (Å²) in [7, 11) is 0. The predicted octanol–water partition coefficient (Wildman–Crippen LogP) is 0.499. The fourth-order valence-electron chi connectivity index (χ4n) is 2.04. The van der Waals surface area contributed by atoms with Gasteiger partial charge in [0, 0.05) is 6.54 Å². The van der Waals surface area contributed by atoms with Crippen LogP contribution in [0.4, 0.5) is 0 Å². The Bertz CT molecular complexity index is 506. The van der Waals surface area contributed by atoms with E-state index in [9.17, 15) is 0 Å². The summed E-state index contributed by atoms with van der Waals surface area (Å²) < 4.78 is 2.13. The molecule has 0 spiro atoms. The number of fused-ring (bicyclic) bond motifs is 1. The van der Waals surface area contributed by atoms with Crippen LogP contribution in [0.15, 0.2) is 24.3 Å². The zero-order valence-electron chi connectivity index (χ0n) is 10.5. The van der Waals surface area contributed by atoms with E-state index in [-0.39, 0.29) is 19.3 Å². The topological polar surface area (TPSA) is 70.3 Å². The lowest BCUT2D eigenvalue weighted by Gasteiger charge is -2.13. The van der Waals surface area contributed by atoms with E-state index in [4.69, 9.17) is 10.2 Å². The van der Waals surface area contributed by atoms with Gasteiger partial charge in [-0.1, -0.05) is 12.1 Å². The van der Waals surface area contributed by atoms with E-state index < -0.39 is 0 Å². The van der Waals surface area contributed by atoms with Crippen LogP contribution in [0.1, 0.15) is 12.7 Å². The Kier molecular flexibility index (Phi) is 4.30. The summed E-state index contributed by atoms with van der Waals surface area (Å²) in [5.74, 6) is 0.922. The highest BCUT2D eigenvalue weighted by atomic mass is 16.3. The molecule has 98 valence electrons. The van der Waals surface area contributed by atoms with Crippen LogP contribution in [0.2, 0.25) is 0 Å². The molecule has 1 heterocycles. The van der Waals surface area contributed by atoms with Gasteiger partial charge >= 0.3 is 0 Å². The minimum atomic E-state index is -0.296. The van der Waals surface area contributed by atoms with E-state index in [0.29, 0.717) is 6.54 Å². The molecule has 0 radical (unpaired) electrons. The second-order valence-corrected chi connectivity index (χ2v) is 4.20. The van der Waals surface area contributed by atoms with E-state index in [1.807, 2.05) is 24.3 Å². The average molecular weight is 249 g/mol. The van der Waals surface area contributed by atoms with Crippen molar-refractivity contribution in [1.29, 1.82) is 0 Å². The monoisotopic (exact) mass is 249 g/mol. The average Bonchev–Trinajstić information content (AvgIpc) is 2.77. The standard InChI is InChI=1S/C13H19N3O2/c1-2-16-12-6-4-3-5-11(12)15-13(16)7-14-10(8-17)9-18/h3-6,10,14,17-18H,2,7-9H2,1H3. The first kappa shape index (κ1) is 13.0. The molecule has 0 aliphatic heterocycles. The summed E-state index contributed by atoms with van der Waals surface area (Å²) in [4.78, 5) is 4.56. The Hall–Kier alpha value is -1.43. The molecule has 0 aliphatic rings. The van der Waals surface area contributed by atoms with E-state index in [2.05, 4.69) is 21.8 Å². The van der Waals surface area contributed by atoms with Gasteiger partial charge in [0.05, 0.1) is 36.8 Å².